The topological polar surface area (TPSA) is 6.48 Å². The molecule has 9 aromatic carbocycles. The van der Waals surface area contributed by atoms with Gasteiger partial charge in [0.25, 0.3) is 0 Å². The van der Waals surface area contributed by atoms with Crippen LogP contribution in [0.25, 0.3) is 33.4 Å². The van der Waals surface area contributed by atoms with Crippen molar-refractivity contribution in [2.45, 2.75) is 57.8 Å². The minimum Gasteiger partial charge on any atom is -0.376 e. The van der Waals surface area contributed by atoms with E-state index in [9.17, 15) is 0 Å². The molecule has 0 radical (unpaired) electrons. The van der Waals surface area contributed by atoms with Crippen LogP contribution in [-0.4, -0.2) is 6.85 Å². The van der Waals surface area contributed by atoms with Gasteiger partial charge in [-0.25, -0.2) is 0 Å². The van der Waals surface area contributed by atoms with Gasteiger partial charge in [0, 0.05) is 39.3 Å². The van der Waals surface area contributed by atoms with E-state index in [0.717, 1.165) is 0 Å². The third-order valence-electron chi connectivity index (χ3n) is 15.5. The molecule has 3 heterocycles. The maximum Gasteiger partial charge on any atom is 0.333 e. The summed E-state index contributed by atoms with van der Waals surface area (Å²) in [6, 6.07) is 76.3. The molecule has 0 saturated heterocycles. The largest absolute Gasteiger partial charge is 0.376 e. The molecule has 0 aromatic heterocycles. The Hall–Kier alpha value is -7.36. The fraction of sp³-hybridized carbons (Fsp3) is 0.143. The van der Waals surface area contributed by atoms with Crippen LogP contribution in [0.4, 0.5) is 28.4 Å². The number of hydrogen-bond donors (Lipinski definition) is 0. The van der Waals surface area contributed by atoms with Crippen molar-refractivity contribution in [1.29, 1.82) is 0 Å². The lowest BCUT2D eigenvalue weighted by Gasteiger charge is -2.53. The molecule has 1 aliphatic carbocycles. The van der Waals surface area contributed by atoms with Gasteiger partial charge in [-0.2, -0.15) is 0 Å². The number of hydrogen-bond acceptors (Lipinski definition) is 2. The van der Waals surface area contributed by atoms with Crippen LogP contribution in [0.3, 0.4) is 0 Å². The highest BCUT2D eigenvalue weighted by atomic mass is 15.2. The maximum absolute atomic E-state index is 2.77. The van der Waals surface area contributed by atoms with Gasteiger partial charge in [-0.1, -0.05) is 204 Å². The monoisotopic (exact) mass is 846 g/mol. The van der Waals surface area contributed by atoms with E-state index in [1.165, 1.54) is 117 Å². The average Bonchev–Trinajstić information content (AvgIpc) is 3.58. The van der Waals surface area contributed by atoms with Gasteiger partial charge < -0.3 is 9.71 Å². The van der Waals surface area contributed by atoms with E-state index in [0.29, 0.717) is 0 Å². The van der Waals surface area contributed by atoms with Crippen LogP contribution in [-0.2, 0) is 16.2 Å². The second kappa shape index (κ2) is 13.8. The van der Waals surface area contributed by atoms with Gasteiger partial charge in [0.15, 0.2) is 0 Å². The van der Waals surface area contributed by atoms with Gasteiger partial charge in [0.1, 0.15) is 0 Å². The maximum atomic E-state index is 2.77. The molecule has 0 unspecified atom stereocenters. The Morgan fingerprint density at radius 1 is 0.439 bits per heavy atom. The minimum absolute atomic E-state index is 0.0244. The number of anilines is 5. The Morgan fingerprint density at radius 2 is 1.05 bits per heavy atom. The molecule has 2 nitrogen and oxygen atoms in total. The lowest BCUT2D eigenvalue weighted by atomic mass is 9.41. The molecular formula is C63H51BN2. The van der Waals surface area contributed by atoms with Crippen LogP contribution in [0.5, 0.6) is 0 Å². The first-order valence-electron chi connectivity index (χ1n) is 23.6. The van der Waals surface area contributed by atoms with Gasteiger partial charge in [-0.15, -0.1) is 0 Å². The summed E-state index contributed by atoms with van der Waals surface area (Å²) in [6.45, 7) is 14.0. The fourth-order valence-corrected chi connectivity index (χ4v) is 12.6. The normalized spacial score (nSPS) is 15.3. The molecule has 4 aliphatic rings. The van der Waals surface area contributed by atoms with Crippen LogP contribution in [0, 0.1) is 6.92 Å². The Bertz CT molecular complexity index is 3410. The van der Waals surface area contributed by atoms with E-state index in [2.05, 4.69) is 251 Å². The predicted octanol–water partition coefficient (Wildman–Crippen LogP) is 14.7. The molecule has 9 aromatic rings. The molecule has 0 bridgehead atoms. The summed E-state index contributed by atoms with van der Waals surface area (Å²) in [5.41, 5.74) is 26.4. The van der Waals surface area contributed by atoms with Crippen molar-refractivity contribution in [3.8, 4) is 33.4 Å². The first-order chi connectivity index (χ1) is 32.1. The second-order valence-corrected chi connectivity index (χ2v) is 20.5. The summed E-state index contributed by atoms with van der Waals surface area (Å²) < 4.78 is 0. The lowest BCUT2D eigenvalue weighted by Crippen LogP contribution is -2.63. The van der Waals surface area contributed by atoms with Gasteiger partial charge >= 0.3 is 6.85 Å². The van der Waals surface area contributed by atoms with Crippen molar-refractivity contribution in [2.75, 3.05) is 9.71 Å². The smallest absolute Gasteiger partial charge is 0.333 e. The average molecular weight is 847 g/mol. The zero-order valence-corrected chi connectivity index (χ0v) is 38.5. The van der Waals surface area contributed by atoms with Gasteiger partial charge in [-0.3, -0.25) is 0 Å². The minimum atomic E-state index is -0.568. The molecule has 0 atom stereocenters. The molecule has 3 heteroatoms. The van der Waals surface area contributed by atoms with E-state index in [1.807, 2.05) is 0 Å². The number of aryl methyl sites for hydroxylation is 1. The first kappa shape index (κ1) is 39.0. The molecule has 3 aliphatic heterocycles. The van der Waals surface area contributed by atoms with E-state index >= 15 is 0 Å². The second-order valence-electron chi connectivity index (χ2n) is 20.5. The third kappa shape index (κ3) is 5.14. The Kier molecular flexibility index (Phi) is 8.18. The molecule has 316 valence electrons. The summed E-state index contributed by atoms with van der Waals surface area (Å²) in [5, 5.41) is 0. The van der Waals surface area contributed by atoms with Crippen LogP contribution in [0.1, 0.15) is 79.1 Å². The highest BCUT2D eigenvalue weighted by Crippen LogP contribution is 2.61. The quantitative estimate of drug-likeness (QED) is 0.163. The number of benzene rings is 9. The Morgan fingerprint density at radius 3 is 1.76 bits per heavy atom. The van der Waals surface area contributed by atoms with Crippen molar-refractivity contribution >= 4 is 46.2 Å². The predicted molar refractivity (Wildman–Crippen MR) is 278 cm³/mol. The van der Waals surface area contributed by atoms with Crippen molar-refractivity contribution in [1.82, 2.24) is 0 Å². The van der Waals surface area contributed by atoms with Crippen LogP contribution in [0.2, 0.25) is 0 Å². The van der Waals surface area contributed by atoms with E-state index in [-0.39, 0.29) is 17.7 Å². The molecule has 0 N–H and O–H groups in total. The Labute approximate surface area is 390 Å². The van der Waals surface area contributed by atoms with Gasteiger partial charge in [-0.05, 0) is 120 Å². The van der Waals surface area contributed by atoms with Crippen molar-refractivity contribution in [3.63, 3.8) is 0 Å². The van der Waals surface area contributed by atoms with Crippen LogP contribution >= 0.6 is 0 Å². The van der Waals surface area contributed by atoms with E-state index < -0.39 is 5.41 Å². The molecule has 66 heavy (non-hydrogen) atoms. The summed E-state index contributed by atoms with van der Waals surface area (Å²) in [7, 11) is 0. The van der Waals surface area contributed by atoms with E-state index in [4.69, 9.17) is 0 Å². The summed E-state index contributed by atoms with van der Waals surface area (Å²) in [4.78, 5) is 5.42. The van der Waals surface area contributed by atoms with Crippen LogP contribution < -0.4 is 20.6 Å². The number of rotatable bonds is 4. The first-order valence-corrected chi connectivity index (χ1v) is 23.6. The van der Waals surface area contributed by atoms with Crippen molar-refractivity contribution in [2.24, 2.45) is 0 Å². The lowest BCUT2D eigenvalue weighted by molar-refractivity contribution is 0.590. The summed E-state index contributed by atoms with van der Waals surface area (Å²) in [5.74, 6) is 0. The standard InChI is InChI=1S/C63H51BN2/c1-40-37-48-45-28-20-31-52-60(45)66(54-32-19-18-30-50(54)63(52,42-23-12-8-13-24-42)43-25-14-9-15-26-43)64-58(48)56(38-40)65(53-35-33-44(61(2,3)4)39-47(53)41-21-10-7-11-22-41)55-36-34-51-57(59(55)64)46-27-16-17-29-49(46)62(51,5)6/h7-39H,1-6H3. The molecule has 0 fully saturated rings. The number of nitrogens with zero attached hydrogens (tertiary/aromatic N) is 2. The zero-order valence-electron chi connectivity index (χ0n) is 38.5. The van der Waals surface area contributed by atoms with Crippen molar-refractivity contribution < 1.29 is 0 Å². The Balaban J connectivity index is 1.21. The number of para-hydroxylation sites is 2. The fourth-order valence-electron chi connectivity index (χ4n) is 12.6. The molecule has 0 saturated carbocycles. The van der Waals surface area contributed by atoms with E-state index in [1.54, 1.807) is 0 Å². The number of fused-ring (bicyclic) bond motifs is 10. The SMILES string of the molecule is Cc1cc2c3c(c1)N(c1ccc(C(C)(C)C)cc1-c1ccccc1)c1ccc4c(c1B3N1c3ccccc3C(c3ccccc3)(c3ccccc3)c3cccc-2c31)-c1ccccc1C4(C)C. The molecule has 0 amide bonds. The highest BCUT2D eigenvalue weighted by Gasteiger charge is 2.55. The van der Waals surface area contributed by atoms with Crippen LogP contribution in [0.15, 0.2) is 200 Å². The summed E-state index contributed by atoms with van der Waals surface area (Å²) in [6.07, 6.45) is 0. The molecular weight excluding hydrogens is 796 g/mol. The zero-order chi connectivity index (χ0) is 44.7. The molecule has 13 rings (SSSR count). The van der Waals surface area contributed by atoms with Crippen molar-refractivity contribution in [3.05, 3.63) is 245 Å². The van der Waals surface area contributed by atoms with Gasteiger partial charge in [0.05, 0.1) is 11.1 Å². The summed E-state index contributed by atoms with van der Waals surface area (Å²) >= 11 is 0. The highest BCUT2D eigenvalue weighted by molar-refractivity contribution is 6.94. The third-order valence-corrected chi connectivity index (χ3v) is 15.5. The molecule has 0 spiro atoms. The van der Waals surface area contributed by atoms with Gasteiger partial charge in [0.2, 0.25) is 0 Å².